The Bertz CT molecular complexity index is 778. The van der Waals surface area contributed by atoms with Crippen LogP contribution in [0.4, 0.5) is 0 Å². The summed E-state index contributed by atoms with van der Waals surface area (Å²) in [6.45, 7) is 11.3. The zero-order chi connectivity index (χ0) is 21.4. The molecular weight excluding hydrogens is 515 g/mol. The summed E-state index contributed by atoms with van der Waals surface area (Å²) in [5.74, 6) is 1.21. The Morgan fingerprint density at radius 2 is 1.87 bits per heavy atom. The Balaban J connectivity index is 0.00000450. The topological polar surface area (TPSA) is 74.2 Å². The standard InChI is InChI=1S/C21H36N4O3S.HI/c1-17(2)28-13-14-29(26,27)25-11-9-24(10-12-25)21(22-5)23-16-19(4)20-8-6-7-18(3)15-20;/h6-8,15,17,19H,9-14,16H2,1-5H3,(H,22,23);1H. The minimum absolute atomic E-state index is 0. The van der Waals surface area contributed by atoms with Crippen LogP contribution >= 0.6 is 24.0 Å². The molecule has 1 fully saturated rings. The second-order valence-corrected chi connectivity index (χ2v) is 9.95. The normalized spacial score (nSPS) is 17.0. The molecule has 0 aliphatic carbocycles. The molecule has 0 amide bonds. The molecule has 1 aliphatic heterocycles. The van der Waals surface area contributed by atoms with E-state index in [4.69, 9.17) is 4.74 Å². The molecule has 0 saturated carbocycles. The number of hydrogen-bond acceptors (Lipinski definition) is 4. The molecule has 1 N–H and O–H groups in total. The van der Waals surface area contributed by atoms with Crippen LogP contribution in [0.15, 0.2) is 29.3 Å². The number of aryl methyl sites for hydroxylation is 1. The van der Waals surface area contributed by atoms with Crippen LogP contribution in [0, 0.1) is 6.92 Å². The van der Waals surface area contributed by atoms with Crippen LogP contribution in [0.3, 0.4) is 0 Å². The van der Waals surface area contributed by atoms with E-state index in [9.17, 15) is 8.42 Å². The summed E-state index contributed by atoms with van der Waals surface area (Å²) in [6.07, 6.45) is 0.0404. The maximum absolute atomic E-state index is 12.5. The smallest absolute Gasteiger partial charge is 0.216 e. The molecule has 7 nitrogen and oxygen atoms in total. The van der Waals surface area contributed by atoms with Crippen molar-refractivity contribution in [3.05, 3.63) is 35.4 Å². The van der Waals surface area contributed by atoms with Crippen LogP contribution in [-0.2, 0) is 14.8 Å². The predicted octanol–water partition coefficient (Wildman–Crippen LogP) is 2.66. The van der Waals surface area contributed by atoms with E-state index in [1.807, 2.05) is 13.8 Å². The lowest BCUT2D eigenvalue weighted by molar-refractivity contribution is 0.0904. The molecule has 0 aromatic heterocycles. The lowest BCUT2D eigenvalue weighted by atomic mass is 9.99. The first-order valence-corrected chi connectivity index (χ1v) is 12.0. The summed E-state index contributed by atoms with van der Waals surface area (Å²) < 4.78 is 32.0. The molecule has 1 atom stereocenters. The lowest BCUT2D eigenvalue weighted by Gasteiger charge is -2.36. The molecule has 1 aromatic carbocycles. The van der Waals surface area contributed by atoms with Gasteiger partial charge in [-0.15, -0.1) is 24.0 Å². The number of halogens is 1. The van der Waals surface area contributed by atoms with Crippen molar-refractivity contribution >= 4 is 40.0 Å². The Hall–Kier alpha value is -0.910. The monoisotopic (exact) mass is 552 g/mol. The fraction of sp³-hybridized carbons (Fsp3) is 0.667. The van der Waals surface area contributed by atoms with Gasteiger partial charge in [0.1, 0.15) is 0 Å². The van der Waals surface area contributed by atoms with E-state index in [-0.39, 0.29) is 42.4 Å². The molecule has 1 unspecified atom stereocenters. The second-order valence-electron chi connectivity index (χ2n) is 7.86. The SMILES string of the molecule is CN=C(NCC(C)c1cccc(C)c1)N1CCN(S(=O)(=O)CCOC(C)C)CC1.I. The lowest BCUT2D eigenvalue weighted by Crippen LogP contribution is -2.54. The molecule has 30 heavy (non-hydrogen) atoms. The van der Waals surface area contributed by atoms with Crippen molar-refractivity contribution in [3.8, 4) is 0 Å². The van der Waals surface area contributed by atoms with E-state index in [2.05, 4.69) is 53.3 Å². The summed E-state index contributed by atoms with van der Waals surface area (Å²) in [5, 5.41) is 3.45. The first-order chi connectivity index (χ1) is 13.7. The van der Waals surface area contributed by atoms with Gasteiger partial charge in [0.05, 0.1) is 18.5 Å². The van der Waals surface area contributed by atoms with Crippen LogP contribution in [0.5, 0.6) is 0 Å². The Morgan fingerprint density at radius 3 is 2.43 bits per heavy atom. The second kappa shape index (κ2) is 12.8. The number of hydrogen-bond donors (Lipinski definition) is 1. The molecule has 1 heterocycles. The zero-order valence-corrected chi connectivity index (χ0v) is 21.9. The third-order valence-electron chi connectivity index (χ3n) is 5.11. The predicted molar refractivity (Wildman–Crippen MR) is 134 cm³/mol. The number of benzene rings is 1. The Kier molecular flexibility index (Phi) is 11.6. The van der Waals surface area contributed by atoms with Crippen molar-refractivity contribution in [2.24, 2.45) is 4.99 Å². The molecule has 0 spiro atoms. The number of aliphatic imine (C=N–C) groups is 1. The van der Waals surface area contributed by atoms with Crippen LogP contribution in [0.25, 0.3) is 0 Å². The first-order valence-electron chi connectivity index (χ1n) is 10.3. The molecular formula is C21H37IN4O3S. The van der Waals surface area contributed by atoms with Gasteiger partial charge in [-0.05, 0) is 32.3 Å². The van der Waals surface area contributed by atoms with Gasteiger partial charge in [-0.25, -0.2) is 8.42 Å². The molecule has 2 rings (SSSR count). The van der Waals surface area contributed by atoms with Gasteiger partial charge in [-0.3, -0.25) is 4.99 Å². The maximum Gasteiger partial charge on any atom is 0.216 e. The van der Waals surface area contributed by atoms with Crippen LogP contribution in [0.1, 0.15) is 37.8 Å². The van der Waals surface area contributed by atoms with Gasteiger partial charge in [-0.2, -0.15) is 4.31 Å². The van der Waals surface area contributed by atoms with Crippen molar-refractivity contribution in [2.45, 2.75) is 39.7 Å². The maximum atomic E-state index is 12.5. The highest BCUT2D eigenvalue weighted by Crippen LogP contribution is 2.16. The van der Waals surface area contributed by atoms with E-state index >= 15 is 0 Å². The summed E-state index contributed by atoms with van der Waals surface area (Å²) in [6, 6.07) is 8.55. The summed E-state index contributed by atoms with van der Waals surface area (Å²) in [4.78, 5) is 6.52. The number of rotatable bonds is 8. The molecule has 0 bridgehead atoms. The third-order valence-corrected chi connectivity index (χ3v) is 6.95. The van der Waals surface area contributed by atoms with Crippen LogP contribution in [-0.4, -0.2) is 81.8 Å². The van der Waals surface area contributed by atoms with Gasteiger partial charge in [0.15, 0.2) is 5.96 Å². The Morgan fingerprint density at radius 1 is 1.20 bits per heavy atom. The molecule has 1 aromatic rings. The summed E-state index contributed by atoms with van der Waals surface area (Å²) >= 11 is 0. The number of sulfonamides is 1. The van der Waals surface area contributed by atoms with Gasteiger partial charge in [0.2, 0.25) is 10.0 Å². The highest BCUT2D eigenvalue weighted by Gasteiger charge is 2.28. The number of guanidine groups is 1. The van der Waals surface area contributed by atoms with Gasteiger partial charge in [0, 0.05) is 39.8 Å². The number of nitrogens with one attached hydrogen (secondary N) is 1. The van der Waals surface area contributed by atoms with Crippen molar-refractivity contribution in [2.75, 3.05) is 52.1 Å². The van der Waals surface area contributed by atoms with E-state index in [1.165, 1.54) is 11.1 Å². The molecule has 0 radical (unpaired) electrons. The largest absolute Gasteiger partial charge is 0.378 e. The van der Waals surface area contributed by atoms with E-state index in [0.717, 1.165) is 12.5 Å². The van der Waals surface area contributed by atoms with Gasteiger partial charge >= 0.3 is 0 Å². The van der Waals surface area contributed by atoms with Crippen LogP contribution < -0.4 is 5.32 Å². The van der Waals surface area contributed by atoms with Crippen molar-refractivity contribution in [1.82, 2.24) is 14.5 Å². The quantitative estimate of drug-likeness (QED) is 0.305. The fourth-order valence-electron chi connectivity index (χ4n) is 3.37. The molecule has 1 aliphatic rings. The fourth-order valence-corrected chi connectivity index (χ4v) is 4.65. The summed E-state index contributed by atoms with van der Waals surface area (Å²) in [7, 11) is -1.51. The van der Waals surface area contributed by atoms with Crippen LogP contribution in [0.2, 0.25) is 0 Å². The minimum atomic E-state index is -3.28. The number of piperazine rings is 1. The molecule has 1 saturated heterocycles. The van der Waals surface area contributed by atoms with Gasteiger partial charge in [0.25, 0.3) is 0 Å². The first kappa shape index (κ1) is 27.1. The molecule has 9 heteroatoms. The highest BCUT2D eigenvalue weighted by molar-refractivity contribution is 14.0. The van der Waals surface area contributed by atoms with Gasteiger partial charge in [-0.1, -0.05) is 36.8 Å². The number of ether oxygens (including phenoxy) is 1. The van der Waals surface area contributed by atoms with Crippen molar-refractivity contribution in [3.63, 3.8) is 0 Å². The average Bonchev–Trinajstić information content (AvgIpc) is 2.68. The minimum Gasteiger partial charge on any atom is -0.378 e. The van der Waals surface area contributed by atoms with E-state index in [1.54, 1.807) is 11.4 Å². The third kappa shape index (κ3) is 8.32. The Labute approximate surface area is 199 Å². The summed E-state index contributed by atoms with van der Waals surface area (Å²) in [5.41, 5.74) is 2.56. The zero-order valence-electron chi connectivity index (χ0n) is 18.8. The molecule has 172 valence electrons. The van der Waals surface area contributed by atoms with Gasteiger partial charge < -0.3 is 15.0 Å². The van der Waals surface area contributed by atoms with E-state index < -0.39 is 10.0 Å². The average molecular weight is 553 g/mol. The van der Waals surface area contributed by atoms with Crippen molar-refractivity contribution < 1.29 is 13.2 Å². The van der Waals surface area contributed by atoms with Crippen molar-refractivity contribution in [1.29, 1.82) is 0 Å². The van der Waals surface area contributed by atoms with E-state index in [0.29, 0.717) is 32.1 Å². The highest BCUT2D eigenvalue weighted by atomic mass is 127. The number of nitrogens with zero attached hydrogens (tertiary/aromatic N) is 3.